The van der Waals surface area contributed by atoms with Crippen molar-refractivity contribution < 1.29 is 34.4 Å². The van der Waals surface area contributed by atoms with Gasteiger partial charge < -0.3 is 24.8 Å². The summed E-state index contributed by atoms with van der Waals surface area (Å²) in [7, 11) is 0. The third-order valence-corrected chi connectivity index (χ3v) is 7.74. The minimum absolute atomic E-state index is 0.195. The average Bonchev–Trinajstić information content (AvgIpc) is 3.04. The standard InChI is InChI=1S/C25H34O7/c1-2-17(26)6-7-19-20-10-14-4-3-5-23(21(14)11-15(20)12-22(19)27)31-13-24(28)32-18-8-16(9-18)25(29)30/h3-5,15-20,22,26-27H,2,6-13H2,1H3,(H,29,30)/t15-,16?,17-,18?,19+,20-,22+/m0/s1. The number of hydrogen-bond donors (Lipinski definition) is 3. The Morgan fingerprint density at radius 2 is 1.97 bits per heavy atom. The van der Waals surface area contributed by atoms with Crippen LogP contribution in [0.3, 0.4) is 0 Å². The molecule has 32 heavy (non-hydrogen) atoms. The van der Waals surface area contributed by atoms with E-state index >= 15 is 0 Å². The summed E-state index contributed by atoms with van der Waals surface area (Å²) in [5.41, 5.74) is 2.31. The Kier molecular flexibility index (Phi) is 7.05. The molecular formula is C25H34O7. The lowest BCUT2D eigenvalue weighted by Crippen LogP contribution is -2.38. The second kappa shape index (κ2) is 9.79. The number of carbonyl (C=O) groups excluding carboxylic acids is 1. The van der Waals surface area contributed by atoms with Crippen molar-refractivity contribution in [3.8, 4) is 5.75 Å². The summed E-state index contributed by atoms with van der Waals surface area (Å²) in [5.74, 6) is -0.0538. The first-order valence-corrected chi connectivity index (χ1v) is 11.9. The van der Waals surface area contributed by atoms with Crippen LogP contribution in [0, 0.1) is 23.7 Å². The van der Waals surface area contributed by atoms with E-state index in [0.717, 1.165) is 44.1 Å². The van der Waals surface area contributed by atoms with Gasteiger partial charge in [-0.15, -0.1) is 0 Å². The zero-order valence-electron chi connectivity index (χ0n) is 18.6. The molecule has 0 heterocycles. The molecule has 7 nitrogen and oxygen atoms in total. The van der Waals surface area contributed by atoms with Crippen LogP contribution in [-0.4, -0.2) is 52.2 Å². The second-order valence-corrected chi connectivity index (χ2v) is 9.74. The van der Waals surface area contributed by atoms with Crippen LogP contribution in [0.2, 0.25) is 0 Å². The third kappa shape index (κ3) is 4.94. The SMILES string of the molecule is CC[C@H](O)CC[C@@H]1[C@H]2Cc3cccc(OCC(=O)OC4CC(C(=O)O)C4)c3C[C@H]2C[C@H]1O. The summed E-state index contributed by atoms with van der Waals surface area (Å²) in [6.07, 6.45) is 4.54. The van der Waals surface area contributed by atoms with Crippen molar-refractivity contribution in [1.82, 2.24) is 0 Å². The maximum atomic E-state index is 12.1. The van der Waals surface area contributed by atoms with Crippen LogP contribution < -0.4 is 4.74 Å². The van der Waals surface area contributed by atoms with Gasteiger partial charge in [-0.1, -0.05) is 19.1 Å². The summed E-state index contributed by atoms with van der Waals surface area (Å²) in [6, 6.07) is 5.90. The number of aliphatic carboxylic acids is 1. The minimum atomic E-state index is -0.844. The minimum Gasteiger partial charge on any atom is -0.482 e. The Hall–Kier alpha value is -2.12. The van der Waals surface area contributed by atoms with Gasteiger partial charge in [-0.25, -0.2) is 4.79 Å². The van der Waals surface area contributed by atoms with Crippen molar-refractivity contribution in [2.24, 2.45) is 23.7 Å². The smallest absolute Gasteiger partial charge is 0.344 e. The van der Waals surface area contributed by atoms with Crippen molar-refractivity contribution >= 4 is 11.9 Å². The van der Waals surface area contributed by atoms with E-state index in [0.29, 0.717) is 30.4 Å². The molecule has 0 spiro atoms. The molecule has 0 radical (unpaired) electrons. The van der Waals surface area contributed by atoms with Gasteiger partial charge in [0.2, 0.25) is 0 Å². The fraction of sp³-hybridized carbons (Fsp3) is 0.680. The van der Waals surface area contributed by atoms with Gasteiger partial charge in [0.25, 0.3) is 0 Å². The highest BCUT2D eigenvalue weighted by atomic mass is 16.6. The number of esters is 1. The van der Waals surface area contributed by atoms with Crippen molar-refractivity contribution in [3.05, 3.63) is 29.3 Å². The van der Waals surface area contributed by atoms with Gasteiger partial charge >= 0.3 is 11.9 Å². The molecule has 5 atom stereocenters. The van der Waals surface area contributed by atoms with E-state index < -0.39 is 17.9 Å². The number of ether oxygens (including phenoxy) is 2. The number of benzene rings is 1. The Balaban J connectivity index is 1.34. The monoisotopic (exact) mass is 446 g/mol. The molecule has 3 N–H and O–H groups in total. The molecule has 0 bridgehead atoms. The van der Waals surface area contributed by atoms with Crippen LogP contribution in [0.15, 0.2) is 18.2 Å². The second-order valence-electron chi connectivity index (χ2n) is 9.74. The van der Waals surface area contributed by atoms with Gasteiger partial charge in [0.15, 0.2) is 6.61 Å². The highest BCUT2D eigenvalue weighted by Crippen LogP contribution is 2.48. The van der Waals surface area contributed by atoms with Gasteiger partial charge in [-0.3, -0.25) is 4.79 Å². The van der Waals surface area contributed by atoms with E-state index in [1.54, 1.807) is 0 Å². The first kappa shape index (κ1) is 23.1. The Morgan fingerprint density at radius 1 is 1.19 bits per heavy atom. The zero-order chi connectivity index (χ0) is 22.8. The van der Waals surface area contributed by atoms with Crippen LogP contribution in [-0.2, 0) is 27.2 Å². The first-order chi connectivity index (χ1) is 15.4. The largest absolute Gasteiger partial charge is 0.482 e. The number of aliphatic hydroxyl groups is 2. The average molecular weight is 447 g/mol. The topological polar surface area (TPSA) is 113 Å². The Labute approximate surface area is 188 Å². The Bertz CT molecular complexity index is 832. The quantitative estimate of drug-likeness (QED) is 0.500. The van der Waals surface area contributed by atoms with Gasteiger partial charge in [-0.05, 0) is 86.3 Å². The van der Waals surface area contributed by atoms with Gasteiger partial charge in [0.1, 0.15) is 11.9 Å². The Morgan fingerprint density at radius 3 is 2.69 bits per heavy atom. The number of fused-ring (bicyclic) bond motifs is 2. The van der Waals surface area contributed by atoms with E-state index in [1.165, 1.54) is 5.56 Å². The zero-order valence-corrected chi connectivity index (χ0v) is 18.6. The molecule has 176 valence electrons. The highest BCUT2D eigenvalue weighted by molar-refractivity contribution is 5.73. The number of hydrogen-bond acceptors (Lipinski definition) is 6. The summed E-state index contributed by atoms with van der Waals surface area (Å²) in [5, 5.41) is 29.6. The van der Waals surface area contributed by atoms with Crippen molar-refractivity contribution in [1.29, 1.82) is 0 Å². The molecule has 0 unspecified atom stereocenters. The fourth-order valence-electron chi connectivity index (χ4n) is 5.75. The van der Waals surface area contributed by atoms with Crippen LogP contribution in [0.4, 0.5) is 0 Å². The maximum absolute atomic E-state index is 12.1. The molecule has 3 aliphatic rings. The molecule has 0 amide bonds. The molecule has 0 aromatic heterocycles. The lowest BCUT2D eigenvalue weighted by Gasteiger charge is -2.33. The van der Waals surface area contributed by atoms with Gasteiger partial charge in [0.05, 0.1) is 18.1 Å². The van der Waals surface area contributed by atoms with Crippen molar-refractivity contribution in [3.63, 3.8) is 0 Å². The number of rotatable bonds is 9. The molecule has 3 aliphatic carbocycles. The summed E-state index contributed by atoms with van der Waals surface area (Å²) in [4.78, 5) is 23.0. The molecule has 7 heteroatoms. The lowest BCUT2D eigenvalue weighted by molar-refractivity contribution is -0.165. The molecular weight excluding hydrogens is 412 g/mol. The summed E-state index contributed by atoms with van der Waals surface area (Å²) < 4.78 is 11.1. The molecule has 0 saturated heterocycles. The van der Waals surface area contributed by atoms with Crippen LogP contribution in [0.1, 0.15) is 56.6 Å². The number of carboxylic acid groups (broad SMARTS) is 1. The number of carbonyl (C=O) groups is 2. The van der Waals surface area contributed by atoms with E-state index in [4.69, 9.17) is 14.6 Å². The molecule has 0 aliphatic heterocycles. The predicted octanol–water partition coefficient (Wildman–Crippen LogP) is 2.73. The van der Waals surface area contributed by atoms with Crippen LogP contribution in [0.5, 0.6) is 5.75 Å². The molecule has 2 fully saturated rings. The first-order valence-electron chi connectivity index (χ1n) is 11.9. The highest BCUT2D eigenvalue weighted by Gasteiger charge is 2.45. The summed E-state index contributed by atoms with van der Waals surface area (Å²) >= 11 is 0. The maximum Gasteiger partial charge on any atom is 0.344 e. The number of carboxylic acids is 1. The fourth-order valence-corrected chi connectivity index (χ4v) is 5.75. The third-order valence-electron chi connectivity index (χ3n) is 7.74. The van der Waals surface area contributed by atoms with Crippen molar-refractivity contribution in [2.45, 2.75) is 76.6 Å². The number of aliphatic hydroxyl groups excluding tert-OH is 2. The molecule has 1 aromatic rings. The van der Waals surface area contributed by atoms with E-state index in [9.17, 15) is 19.8 Å². The lowest BCUT2D eigenvalue weighted by atomic mass is 9.73. The van der Waals surface area contributed by atoms with E-state index in [1.807, 2.05) is 19.1 Å². The predicted molar refractivity (Wildman–Crippen MR) is 116 cm³/mol. The van der Waals surface area contributed by atoms with Gasteiger partial charge in [0, 0.05) is 0 Å². The van der Waals surface area contributed by atoms with Crippen molar-refractivity contribution in [2.75, 3.05) is 6.61 Å². The van der Waals surface area contributed by atoms with Crippen LogP contribution in [0.25, 0.3) is 0 Å². The summed E-state index contributed by atoms with van der Waals surface area (Å²) in [6.45, 7) is 1.78. The molecule has 1 aromatic carbocycles. The van der Waals surface area contributed by atoms with Gasteiger partial charge in [-0.2, -0.15) is 0 Å². The molecule has 4 rings (SSSR count). The normalized spacial score (nSPS) is 31.7. The van der Waals surface area contributed by atoms with E-state index in [2.05, 4.69) is 6.07 Å². The van der Waals surface area contributed by atoms with E-state index in [-0.39, 0.29) is 30.8 Å². The molecule has 2 saturated carbocycles. The van der Waals surface area contributed by atoms with Crippen LogP contribution >= 0.6 is 0 Å².